The molecule has 1 aliphatic heterocycles. The summed E-state index contributed by atoms with van der Waals surface area (Å²) in [4.78, 5) is 0.00346. The molecule has 0 spiro atoms. The average molecular weight is 401 g/mol. The quantitative estimate of drug-likeness (QED) is 0.729. The van der Waals surface area contributed by atoms with Crippen LogP contribution in [0.3, 0.4) is 0 Å². The van der Waals surface area contributed by atoms with Gasteiger partial charge in [0.15, 0.2) is 0 Å². The maximum absolute atomic E-state index is 12.7. The first-order chi connectivity index (χ1) is 9.13. The normalized spacial score (nSPS) is 20.1. The number of nitrogens with zero attached hydrogens (tertiary/aromatic N) is 1. The van der Waals surface area contributed by atoms with Crippen LogP contribution in [0.15, 0.2) is 21.5 Å². The van der Waals surface area contributed by atoms with Gasteiger partial charge in [0.05, 0.1) is 10.0 Å². The Balaban J connectivity index is 2.37. The number of hydrogen-bond donors (Lipinski definition) is 0. The van der Waals surface area contributed by atoms with E-state index in [1.807, 2.05) is 0 Å². The van der Waals surface area contributed by atoms with Gasteiger partial charge >= 0.3 is 0 Å². The number of rotatable bonds is 2. The predicted molar refractivity (Wildman–Crippen MR) is 85.9 cm³/mol. The Labute approximate surface area is 138 Å². The van der Waals surface area contributed by atoms with E-state index in [2.05, 4.69) is 29.8 Å². The highest BCUT2D eigenvalue weighted by Crippen LogP contribution is 2.37. The van der Waals surface area contributed by atoms with Crippen molar-refractivity contribution in [3.05, 3.63) is 26.7 Å². The van der Waals surface area contributed by atoms with Gasteiger partial charge in [0.1, 0.15) is 4.90 Å². The Kier molecular flexibility index (Phi) is 4.77. The van der Waals surface area contributed by atoms with Crippen molar-refractivity contribution in [1.82, 2.24) is 4.31 Å². The van der Waals surface area contributed by atoms with Crippen LogP contribution < -0.4 is 0 Å². The summed E-state index contributed by atoms with van der Waals surface area (Å²) in [6, 6.07) is 3.10. The van der Waals surface area contributed by atoms with Crippen LogP contribution in [-0.2, 0) is 10.0 Å². The van der Waals surface area contributed by atoms with Gasteiger partial charge in [-0.05, 0) is 30.4 Å². The third kappa shape index (κ3) is 3.33. The van der Waals surface area contributed by atoms with Crippen LogP contribution in [0.4, 0.5) is 0 Å². The van der Waals surface area contributed by atoms with E-state index in [0.29, 0.717) is 17.6 Å². The molecular weight excluding hydrogens is 385 g/mol. The van der Waals surface area contributed by atoms with E-state index in [1.165, 1.54) is 4.31 Å². The second-order valence-electron chi connectivity index (χ2n) is 5.77. The van der Waals surface area contributed by atoms with Gasteiger partial charge < -0.3 is 0 Å². The number of halogens is 3. The molecule has 7 heteroatoms. The molecule has 0 aliphatic carbocycles. The van der Waals surface area contributed by atoms with Crippen LogP contribution >= 0.6 is 39.1 Å². The van der Waals surface area contributed by atoms with Crippen molar-refractivity contribution < 1.29 is 8.42 Å². The number of hydrogen-bond acceptors (Lipinski definition) is 2. The molecule has 1 fully saturated rings. The Morgan fingerprint density at radius 1 is 1.15 bits per heavy atom. The van der Waals surface area contributed by atoms with Gasteiger partial charge in [0.25, 0.3) is 0 Å². The van der Waals surface area contributed by atoms with Gasteiger partial charge in [-0.3, -0.25) is 0 Å². The van der Waals surface area contributed by atoms with Crippen LogP contribution in [0, 0.1) is 5.41 Å². The summed E-state index contributed by atoms with van der Waals surface area (Å²) < 4.78 is 27.5. The van der Waals surface area contributed by atoms with Crippen molar-refractivity contribution >= 4 is 49.2 Å². The molecule has 1 aliphatic rings. The van der Waals surface area contributed by atoms with Gasteiger partial charge in [-0.15, -0.1) is 0 Å². The molecule has 0 N–H and O–H groups in total. The Bertz CT molecular complexity index is 598. The molecule has 0 bridgehead atoms. The second kappa shape index (κ2) is 5.76. The molecule has 0 aromatic heterocycles. The topological polar surface area (TPSA) is 37.4 Å². The van der Waals surface area contributed by atoms with E-state index in [1.54, 1.807) is 12.1 Å². The zero-order chi connectivity index (χ0) is 15.1. The fourth-order valence-corrected chi connectivity index (χ4v) is 5.56. The smallest absolute Gasteiger partial charge is 0.207 e. The van der Waals surface area contributed by atoms with Crippen molar-refractivity contribution in [2.75, 3.05) is 13.1 Å². The van der Waals surface area contributed by atoms with Crippen molar-refractivity contribution in [2.45, 2.75) is 31.6 Å². The maximum Gasteiger partial charge on any atom is 0.246 e. The molecule has 20 heavy (non-hydrogen) atoms. The van der Waals surface area contributed by atoms with Gasteiger partial charge in [-0.1, -0.05) is 53.0 Å². The molecule has 1 heterocycles. The monoisotopic (exact) mass is 399 g/mol. The summed E-state index contributed by atoms with van der Waals surface area (Å²) >= 11 is 15.4. The predicted octanol–water partition coefficient (Wildman–Crippen LogP) is 4.57. The molecule has 0 atom stereocenters. The Hall–Kier alpha value is 0.190. The summed E-state index contributed by atoms with van der Waals surface area (Å²) in [5.74, 6) is 0. The van der Waals surface area contributed by atoms with Gasteiger partial charge in [-0.25, -0.2) is 8.42 Å². The Morgan fingerprint density at radius 2 is 1.60 bits per heavy atom. The minimum absolute atomic E-state index is 0.00346. The first-order valence-electron chi connectivity index (χ1n) is 6.28. The zero-order valence-corrected chi connectivity index (χ0v) is 15.2. The highest BCUT2D eigenvalue weighted by molar-refractivity contribution is 9.10. The lowest BCUT2D eigenvalue weighted by Gasteiger charge is -2.36. The maximum atomic E-state index is 12.7. The number of piperidine rings is 1. The first kappa shape index (κ1) is 16.6. The van der Waals surface area contributed by atoms with E-state index in [9.17, 15) is 8.42 Å². The fourth-order valence-electron chi connectivity index (χ4n) is 2.24. The first-order valence-corrected chi connectivity index (χ1v) is 9.27. The lowest BCUT2D eigenvalue weighted by Crippen LogP contribution is -2.41. The number of sulfonamides is 1. The van der Waals surface area contributed by atoms with Crippen LogP contribution in [0.25, 0.3) is 0 Å². The summed E-state index contributed by atoms with van der Waals surface area (Å²) in [7, 11) is -3.64. The molecule has 3 nitrogen and oxygen atoms in total. The SMILES string of the molecule is CC1(C)CCN(S(=O)(=O)c2c(Cl)cc(Br)cc2Cl)CC1. The second-order valence-corrected chi connectivity index (χ2v) is 9.37. The molecular formula is C13H16BrCl2NO2S. The molecule has 1 aromatic rings. The van der Waals surface area contributed by atoms with Crippen LogP contribution in [0.2, 0.25) is 10.0 Å². The van der Waals surface area contributed by atoms with Crippen LogP contribution in [-0.4, -0.2) is 25.8 Å². The summed E-state index contributed by atoms with van der Waals surface area (Å²) in [6.45, 7) is 5.29. The average Bonchev–Trinajstić information content (AvgIpc) is 2.26. The summed E-state index contributed by atoms with van der Waals surface area (Å²) in [5, 5.41) is 0.295. The molecule has 0 saturated carbocycles. The highest BCUT2D eigenvalue weighted by Gasteiger charge is 2.35. The van der Waals surface area contributed by atoms with Crippen molar-refractivity contribution in [3.63, 3.8) is 0 Å². The largest absolute Gasteiger partial charge is 0.246 e. The van der Waals surface area contributed by atoms with Crippen molar-refractivity contribution in [3.8, 4) is 0 Å². The molecule has 1 saturated heterocycles. The van der Waals surface area contributed by atoms with Crippen molar-refractivity contribution in [1.29, 1.82) is 0 Å². The summed E-state index contributed by atoms with van der Waals surface area (Å²) in [6.07, 6.45) is 1.66. The van der Waals surface area contributed by atoms with E-state index in [0.717, 1.165) is 12.8 Å². The molecule has 0 amide bonds. The van der Waals surface area contributed by atoms with Gasteiger partial charge in [0, 0.05) is 17.6 Å². The van der Waals surface area contributed by atoms with E-state index >= 15 is 0 Å². The lowest BCUT2D eigenvalue weighted by molar-refractivity contribution is 0.196. The summed E-state index contributed by atoms with van der Waals surface area (Å²) in [5.41, 5.74) is 0.180. The molecule has 112 valence electrons. The van der Waals surface area contributed by atoms with E-state index in [-0.39, 0.29) is 20.4 Å². The third-order valence-corrected chi connectivity index (χ3v) is 6.92. The van der Waals surface area contributed by atoms with E-state index < -0.39 is 10.0 Å². The van der Waals surface area contributed by atoms with Crippen LogP contribution in [0.5, 0.6) is 0 Å². The molecule has 1 aromatic carbocycles. The molecule has 2 rings (SSSR count). The van der Waals surface area contributed by atoms with Crippen LogP contribution in [0.1, 0.15) is 26.7 Å². The zero-order valence-electron chi connectivity index (χ0n) is 11.3. The minimum Gasteiger partial charge on any atom is -0.207 e. The fraction of sp³-hybridized carbons (Fsp3) is 0.538. The number of benzene rings is 1. The highest BCUT2D eigenvalue weighted by atomic mass is 79.9. The lowest BCUT2D eigenvalue weighted by atomic mass is 9.83. The van der Waals surface area contributed by atoms with Gasteiger partial charge in [-0.2, -0.15) is 4.31 Å². The standard InChI is InChI=1S/C13H16BrCl2NO2S/c1-13(2)3-5-17(6-4-13)20(18,19)12-10(15)7-9(14)8-11(12)16/h7-8H,3-6H2,1-2H3. The van der Waals surface area contributed by atoms with E-state index in [4.69, 9.17) is 23.2 Å². The minimum atomic E-state index is -3.64. The molecule has 0 unspecified atom stereocenters. The Morgan fingerprint density at radius 3 is 2.05 bits per heavy atom. The van der Waals surface area contributed by atoms with Gasteiger partial charge in [0.2, 0.25) is 10.0 Å². The third-order valence-electron chi connectivity index (χ3n) is 3.64. The molecule has 0 radical (unpaired) electrons. The van der Waals surface area contributed by atoms with Crippen molar-refractivity contribution in [2.24, 2.45) is 5.41 Å².